The van der Waals surface area contributed by atoms with Gasteiger partial charge in [-0.25, -0.2) is 0 Å². The number of aliphatic hydroxyl groups excluding tert-OH is 1. The van der Waals surface area contributed by atoms with Crippen LogP contribution >= 0.6 is 23.2 Å². The number of carbonyl (C=O) groups excluding carboxylic acids is 2. The van der Waals surface area contributed by atoms with Gasteiger partial charge in [-0.3, -0.25) is 14.5 Å². The Hall–Kier alpha value is -2.36. The zero-order valence-electron chi connectivity index (χ0n) is 23.4. The van der Waals surface area contributed by atoms with Crippen LogP contribution in [0, 0.1) is 5.92 Å². The molecule has 0 saturated carbocycles. The first kappa shape index (κ1) is 31.2. The van der Waals surface area contributed by atoms with Crippen LogP contribution in [0.3, 0.4) is 0 Å². The number of hydrogen-bond acceptors (Lipinski definition) is 6. The normalized spacial score (nSPS) is 18.4. The summed E-state index contributed by atoms with van der Waals surface area (Å²) in [5.41, 5.74) is 1.94. The van der Waals surface area contributed by atoms with E-state index in [1.165, 1.54) is 0 Å². The van der Waals surface area contributed by atoms with Crippen LogP contribution < -0.4 is 10.1 Å². The topological polar surface area (TPSA) is 85.3 Å². The van der Waals surface area contributed by atoms with Gasteiger partial charge in [0.2, 0.25) is 5.91 Å². The zero-order valence-corrected chi connectivity index (χ0v) is 24.9. The number of fused-ring (bicyclic) bond motifs is 1. The minimum atomic E-state index is -0.371. The summed E-state index contributed by atoms with van der Waals surface area (Å²) >= 11 is 12.3. The van der Waals surface area contributed by atoms with E-state index in [9.17, 15) is 14.7 Å². The molecule has 1 heterocycles. The molecule has 0 saturated heterocycles. The van der Waals surface area contributed by atoms with Crippen molar-refractivity contribution in [2.24, 2.45) is 5.92 Å². The summed E-state index contributed by atoms with van der Waals surface area (Å²) in [6, 6.07) is 10.4. The number of amides is 2. The highest BCUT2D eigenvalue weighted by Crippen LogP contribution is 2.31. The Morgan fingerprint density at radius 1 is 1.18 bits per heavy atom. The predicted octanol–water partition coefficient (Wildman–Crippen LogP) is 4.63. The molecule has 0 aliphatic carbocycles. The molecule has 214 valence electrons. The van der Waals surface area contributed by atoms with E-state index in [1.807, 2.05) is 45.1 Å². The Bertz CT molecular complexity index is 1150. The highest BCUT2D eigenvalue weighted by molar-refractivity contribution is 6.42. The summed E-state index contributed by atoms with van der Waals surface area (Å²) in [5, 5.41) is 13.8. The van der Waals surface area contributed by atoms with Gasteiger partial charge in [-0.05, 0) is 76.9 Å². The van der Waals surface area contributed by atoms with Gasteiger partial charge < -0.3 is 25.0 Å². The number of hydrogen-bond donors (Lipinski definition) is 2. The summed E-state index contributed by atoms with van der Waals surface area (Å²) in [4.78, 5) is 32.0. The third-order valence-electron chi connectivity index (χ3n) is 6.89. The number of carbonyl (C=O) groups is 2. The summed E-state index contributed by atoms with van der Waals surface area (Å²) in [7, 11) is 5.94. The number of rotatable bonds is 11. The molecular weight excluding hydrogens is 539 g/mol. The first-order valence-electron chi connectivity index (χ1n) is 13.3. The lowest BCUT2D eigenvalue weighted by atomic mass is 9.99. The number of nitrogens with zero attached hydrogens (tertiary/aromatic N) is 3. The van der Waals surface area contributed by atoms with Gasteiger partial charge in [-0.2, -0.15) is 0 Å². The van der Waals surface area contributed by atoms with E-state index in [4.69, 9.17) is 27.9 Å². The Labute approximate surface area is 241 Å². The number of likely N-dealkylation sites (N-methyl/N-ethyl adjacent to an activating group) is 1. The van der Waals surface area contributed by atoms with Gasteiger partial charge in [-0.15, -0.1) is 0 Å². The van der Waals surface area contributed by atoms with Crippen molar-refractivity contribution < 1.29 is 19.4 Å². The number of benzene rings is 2. The average molecular weight is 580 g/mol. The highest BCUT2D eigenvalue weighted by Gasteiger charge is 2.33. The minimum Gasteiger partial charge on any atom is -0.488 e. The summed E-state index contributed by atoms with van der Waals surface area (Å²) in [5.74, 6) is 0.111. The molecule has 1 aliphatic heterocycles. The van der Waals surface area contributed by atoms with Crippen LogP contribution in [0.15, 0.2) is 36.4 Å². The van der Waals surface area contributed by atoms with Crippen LogP contribution in [0.5, 0.6) is 5.75 Å². The maximum absolute atomic E-state index is 13.6. The Morgan fingerprint density at radius 3 is 2.59 bits per heavy atom. The number of ether oxygens (including phenoxy) is 1. The number of aliphatic hydroxyl groups is 1. The molecule has 0 unspecified atom stereocenters. The van der Waals surface area contributed by atoms with Crippen molar-refractivity contribution in [3.63, 3.8) is 0 Å². The molecule has 2 amide bonds. The van der Waals surface area contributed by atoms with E-state index in [0.717, 1.165) is 18.5 Å². The molecule has 39 heavy (non-hydrogen) atoms. The van der Waals surface area contributed by atoms with E-state index in [1.54, 1.807) is 29.2 Å². The molecule has 3 rings (SSSR count). The van der Waals surface area contributed by atoms with Crippen LogP contribution in [0.2, 0.25) is 10.0 Å². The summed E-state index contributed by atoms with van der Waals surface area (Å²) in [6.45, 7) is 6.21. The van der Waals surface area contributed by atoms with Crippen LogP contribution in [-0.2, 0) is 11.3 Å². The first-order chi connectivity index (χ1) is 18.5. The van der Waals surface area contributed by atoms with E-state index < -0.39 is 0 Å². The third kappa shape index (κ3) is 8.82. The van der Waals surface area contributed by atoms with Gasteiger partial charge in [0, 0.05) is 37.7 Å². The second kappa shape index (κ2) is 14.3. The number of halogens is 2. The summed E-state index contributed by atoms with van der Waals surface area (Å²) in [6.07, 6.45) is 0.894. The molecular formula is C29H40Cl2N4O4. The van der Waals surface area contributed by atoms with Crippen LogP contribution in [0.1, 0.15) is 42.6 Å². The molecule has 10 heteroatoms. The Morgan fingerprint density at radius 2 is 1.92 bits per heavy atom. The first-order valence-corrected chi connectivity index (χ1v) is 14.0. The molecule has 0 spiro atoms. The quantitative estimate of drug-likeness (QED) is 0.404. The standard InChI is InChI=1S/C29H40Cl2N4O4/c1-19-15-35(20(2)18-36)29(38)23-14-22(32-28(37)7-6-12-33(3)4)9-11-26(23)39-27(19)17-34(5)16-21-8-10-24(30)25(31)13-21/h8-11,13-14,19-20,27,36H,6-7,12,15-18H2,1-5H3,(H,32,37)/t19-,20-,27+/m1/s1. The monoisotopic (exact) mass is 578 g/mol. The maximum atomic E-state index is 13.6. The van der Waals surface area contributed by atoms with Gasteiger partial charge in [0.25, 0.3) is 5.91 Å². The van der Waals surface area contributed by atoms with E-state index >= 15 is 0 Å². The fraction of sp³-hybridized carbons (Fsp3) is 0.517. The Balaban J connectivity index is 1.82. The SMILES string of the molecule is C[C@@H]1CN([C@H](C)CO)C(=O)c2cc(NC(=O)CCCN(C)C)ccc2O[C@H]1CN(C)Cc1ccc(Cl)c(Cl)c1. The molecule has 1 aliphatic rings. The van der Waals surface area contributed by atoms with Crippen molar-refractivity contribution in [2.45, 2.75) is 45.4 Å². The minimum absolute atomic E-state index is 0.0107. The number of nitrogens with one attached hydrogen (secondary N) is 1. The van der Waals surface area contributed by atoms with Gasteiger partial charge in [0.1, 0.15) is 11.9 Å². The molecule has 2 N–H and O–H groups in total. The van der Waals surface area contributed by atoms with Crippen molar-refractivity contribution in [1.29, 1.82) is 0 Å². The molecule has 0 aromatic heterocycles. The second-order valence-electron chi connectivity index (χ2n) is 10.7. The predicted molar refractivity (Wildman–Crippen MR) is 157 cm³/mol. The van der Waals surface area contributed by atoms with Crippen molar-refractivity contribution >= 4 is 40.7 Å². The van der Waals surface area contributed by atoms with Crippen LogP contribution in [0.4, 0.5) is 5.69 Å². The zero-order chi connectivity index (χ0) is 28.7. The van der Waals surface area contributed by atoms with E-state index in [-0.39, 0.29) is 36.5 Å². The van der Waals surface area contributed by atoms with Gasteiger partial charge in [0.15, 0.2) is 0 Å². The molecule has 3 atom stereocenters. The van der Waals surface area contributed by atoms with Crippen molar-refractivity contribution in [2.75, 3.05) is 52.7 Å². The van der Waals surface area contributed by atoms with E-state index in [2.05, 4.69) is 17.1 Å². The van der Waals surface area contributed by atoms with Crippen molar-refractivity contribution in [1.82, 2.24) is 14.7 Å². The molecule has 2 aromatic carbocycles. The third-order valence-corrected chi connectivity index (χ3v) is 7.62. The fourth-order valence-corrected chi connectivity index (χ4v) is 4.94. The maximum Gasteiger partial charge on any atom is 0.258 e. The molecule has 0 fully saturated rings. The largest absolute Gasteiger partial charge is 0.488 e. The lowest BCUT2D eigenvalue weighted by Crippen LogP contribution is -2.49. The molecule has 2 aromatic rings. The molecule has 8 nitrogen and oxygen atoms in total. The van der Waals surface area contributed by atoms with Crippen LogP contribution in [-0.4, -0.2) is 91.2 Å². The second-order valence-corrected chi connectivity index (χ2v) is 11.5. The fourth-order valence-electron chi connectivity index (χ4n) is 4.62. The van der Waals surface area contributed by atoms with Crippen molar-refractivity contribution in [3.05, 3.63) is 57.6 Å². The van der Waals surface area contributed by atoms with Gasteiger partial charge in [0.05, 0.1) is 28.3 Å². The molecule has 0 radical (unpaired) electrons. The smallest absolute Gasteiger partial charge is 0.258 e. The lowest BCUT2D eigenvalue weighted by Gasteiger charge is -2.38. The van der Waals surface area contributed by atoms with Crippen LogP contribution in [0.25, 0.3) is 0 Å². The van der Waals surface area contributed by atoms with Crippen molar-refractivity contribution in [3.8, 4) is 5.75 Å². The summed E-state index contributed by atoms with van der Waals surface area (Å²) < 4.78 is 6.47. The van der Waals surface area contributed by atoms with Gasteiger partial charge >= 0.3 is 0 Å². The average Bonchev–Trinajstić information content (AvgIpc) is 2.88. The Kier molecular flexibility index (Phi) is 11.4. The van der Waals surface area contributed by atoms with Gasteiger partial charge in [-0.1, -0.05) is 36.2 Å². The van der Waals surface area contributed by atoms with E-state index in [0.29, 0.717) is 53.1 Å². The number of anilines is 1. The lowest BCUT2D eigenvalue weighted by molar-refractivity contribution is -0.116. The highest BCUT2D eigenvalue weighted by atomic mass is 35.5. The molecule has 0 bridgehead atoms.